The van der Waals surface area contributed by atoms with Crippen molar-refractivity contribution >= 4 is 33.8 Å². The summed E-state index contributed by atoms with van der Waals surface area (Å²) in [4.78, 5) is 6.23. The summed E-state index contributed by atoms with van der Waals surface area (Å²) in [5.74, 6) is 0.408. The van der Waals surface area contributed by atoms with Gasteiger partial charge >= 0.3 is 0 Å². The van der Waals surface area contributed by atoms with Gasteiger partial charge in [0.15, 0.2) is 0 Å². The van der Waals surface area contributed by atoms with Crippen LogP contribution in [0.2, 0.25) is 0 Å². The summed E-state index contributed by atoms with van der Waals surface area (Å²) in [5, 5.41) is 0. The van der Waals surface area contributed by atoms with Gasteiger partial charge in [-0.25, -0.2) is 9.37 Å². The van der Waals surface area contributed by atoms with Crippen LogP contribution in [0.25, 0.3) is 12.2 Å². The van der Waals surface area contributed by atoms with Crippen molar-refractivity contribution in [1.29, 1.82) is 0 Å². The van der Waals surface area contributed by atoms with E-state index in [1.807, 2.05) is 32.3 Å². The number of pyridine rings is 1. The van der Waals surface area contributed by atoms with Gasteiger partial charge in [-0.3, -0.25) is 0 Å². The Morgan fingerprint density at radius 2 is 1.86 bits per heavy atom. The quantitative estimate of drug-likeness (QED) is 0.757. The number of anilines is 1. The van der Waals surface area contributed by atoms with Crippen molar-refractivity contribution in [3.05, 3.63) is 52.1 Å². The normalized spacial score (nSPS) is 10.9. The van der Waals surface area contributed by atoms with E-state index in [0.717, 1.165) is 16.8 Å². The Hall–Kier alpha value is -1.88. The Bertz CT molecular complexity index is 642. The maximum absolute atomic E-state index is 12.1. The van der Waals surface area contributed by atoms with E-state index in [9.17, 15) is 4.39 Å². The average molecular weight is 365 g/mol. The van der Waals surface area contributed by atoms with Crippen LogP contribution in [0, 0.1) is 0 Å². The predicted molar refractivity (Wildman–Crippen MR) is 93.1 cm³/mol. The van der Waals surface area contributed by atoms with Gasteiger partial charge in [0.2, 0.25) is 5.88 Å². The minimum absolute atomic E-state index is 0.0129. The van der Waals surface area contributed by atoms with E-state index in [0.29, 0.717) is 10.4 Å². The van der Waals surface area contributed by atoms with E-state index >= 15 is 0 Å². The number of benzene rings is 1. The second kappa shape index (κ2) is 7.94. The Labute approximate surface area is 138 Å². The van der Waals surface area contributed by atoms with Gasteiger partial charge in [0.1, 0.15) is 13.3 Å². The molecule has 0 saturated heterocycles. The third-order valence-corrected chi connectivity index (χ3v) is 3.59. The SMILES string of the molecule is CN(C)c1ccc(C=Cc2cnc(OCCF)c(Br)c2)cc1. The molecule has 0 spiro atoms. The molecule has 1 aromatic carbocycles. The molecule has 0 bridgehead atoms. The molecular weight excluding hydrogens is 347 g/mol. The lowest BCUT2D eigenvalue weighted by Gasteiger charge is -2.11. The fourth-order valence-electron chi connectivity index (χ4n) is 1.85. The lowest BCUT2D eigenvalue weighted by atomic mass is 10.1. The van der Waals surface area contributed by atoms with Gasteiger partial charge in [0.05, 0.1) is 4.47 Å². The molecule has 5 heteroatoms. The van der Waals surface area contributed by atoms with Gasteiger partial charge < -0.3 is 9.64 Å². The fraction of sp³-hybridized carbons (Fsp3) is 0.235. The van der Waals surface area contributed by atoms with Crippen LogP contribution >= 0.6 is 15.9 Å². The molecule has 0 amide bonds. The van der Waals surface area contributed by atoms with Crippen molar-refractivity contribution in [2.45, 2.75) is 0 Å². The molecule has 0 unspecified atom stereocenters. The van der Waals surface area contributed by atoms with Crippen LogP contribution < -0.4 is 9.64 Å². The topological polar surface area (TPSA) is 25.4 Å². The first kappa shape index (κ1) is 16.5. The number of ether oxygens (including phenoxy) is 1. The summed E-state index contributed by atoms with van der Waals surface area (Å²) in [7, 11) is 4.03. The lowest BCUT2D eigenvalue weighted by Crippen LogP contribution is -2.07. The highest BCUT2D eigenvalue weighted by Crippen LogP contribution is 2.24. The standard InChI is InChI=1S/C17H18BrFN2O/c1-21(2)15-7-5-13(6-8-15)3-4-14-11-16(18)17(20-12-14)22-10-9-19/h3-8,11-12H,9-10H2,1-2H3. The molecule has 0 radical (unpaired) electrons. The maximum Gasteiger partial charge on any atom is 0.228 e. The van der Waals surface area contributed by atoms with Gasteiger partial charge in [-0.15, -0.1) is 0 Å². The zero-order valence-corrected chi connectivity index (χ0v) is 14.2. The highest BCUT2D eigenvalue weighted by Gasteiger charge is 2.03. The lowest BCUT2D eigenvalue weighted by molar-refractivity contribution is 0.263. The highest BCUT2D eigenvalue weighted by atomic mass is 79.9. The molecule has 0 saturated carbocycles. The maximum atomic E-state index is 12.1. The van der Waals surface area contributed by atoms with E-state index in [1.54, 1.807) is 6.20 Å². The molecule has 1 heterocycles. The van der Waals surface area contributed by atoms with E-state index < -0.39 is 6.67 Å². The van der Waals surface area contributed by atoms with Crippen molar-refractivity contribution < 1.29 is 9.13 Å². The number of nitrogens with zero attached hydrogens (tertiary/aromatic N) is 2. The molecule has 116 valence electrons. The Balaban J connectivity index is 2.07. The summed E-state index contributed by atoms with van der Waals surface area (Å²) in [6, 6.07) is 10.2. The molecule has 3 nitrogen and oxygen atoms in total. The van der Waals surface area contributed by atoms with Crippen molar-refractivity contribution in [2.24, 2.45) is 0 Å². The number of hydrogen-bond donors (Lipinski definition) is 0. The van der Waals surface area contributed by atoms with Crippen LogP contribution in [0.3, 0.4) is 0 Å². The van der Waals surface area contributed by atoms with Gasteiger partial charge in [0.25, 0.3) is 0 Å². The monoisotopic (exact) mass is 364 g/mol. The van der Waals surface area contributed by atoms with Crippen LogP contribution in [0.15, 0.2) is 41.0 Å². The van der Waals surface area contributed by atoms with Gasteiger partial charge in [-0.2, -0.15) is 0 Å². The molecule has 0 aliphatic carbocycles. The van der Waals surface area contributed by atoms with Crippen LogP contribution in [-0.4, -0.2) is 32.4 Å². The van der Waals surface area contributed by atoms with E-state index in [2.05, 4.69) is 50.1 Å². The summed E-state index contributed by atoms with van der Waals surface area (Å²) < 4.78 is 18.0. The van der Waals surface area contributed by atoms with Gasteiger partial charge in [-0.1, -0.05) is 24.3 Å². The van der Waals surface area contributed by atoms with Gasteiger partial charge in [-0.05, 0) is 45.3 Å². The third kappa shape index (κ3) is 4.56. The molecule has 0 N–H and O–H groups in total. The zero-order chi connectivity index (χ0) is 15.9. The second-order valence-electron chi connectivity index (χ2n) is 4.91. The van der Waals surface area contributed by atoms with Crippen molar-refractivity contribution in [1.82, 2.24) is 4.98 Å². The first-order valence-electron chi connectivity index (χ1n) is 6.90. The number of halogens is 2. The van der Waals surface area contributed by atoms with Crippen molar-refractivity contribution in [3.8, 4) is 5.88 Å². The summed E-state index contributed by atoms with van der Waals surface area (Å²) in [6.07, 6.45) is 5.69. The minimum atomic E-state index is -0.529. The van der Waals surface area contributed by atoms with Crippen molar-refractivity contribution in [3.63, 3.8) is 0 Å². The van der Waals surface area contributed by atoms with Crippen molar-refractivity contribution in [2.75, 3.05) is 32.3 Å². The molecule has 2 rings (SSSR count). The number of hydrogen-bond acceptors (Lipinski definition) is 3. The molecule has 1 aromatic heterocycles. The van der Waals surface area contributed by atoms with Crippen LogP contribution in [0.4, 0.5) is 10.1 Å². The van der Waals surface area contributed by atoms with E-state index in [1.165, 1.54) is 0 Å². The highest BCUT2D eigenvalue weighted by molar-refractivity contribution is 9.10. The molecule has 2 aromatic rings. The van der Waals surface area contributed by atoms with E-state index in [4.69, 9.17) is 4.74 Å². The average Bonchev–Trinajstić information content (AvgIpc) is 2.52. The second-order valence-corrected chi connectivity index (χ2v) is 5.77. The summed E-state index contributed by atoms with van der Waals surface area (Å²) >= 11 is 3.38. The predicted octanol–water partition coefficient (Wildman–Crippen LogP) is 4.43. The zero-order valence-electron chi connectivity index (χ0n) is 12.6. The third-order valence-electron chi connectivity index (χ3n) is 3.02. The minimum Gasteiger partial charge on any atom is -0.474 e. The largest absolute Gasteiger partial charge is 0.474 e. The Kier molecular flexibility index (Phi) is 5.95. The number of rotatable bonds is 6. The molecule has 0 aliphatic rings. The van der Waals surface area contributed by atoms with Gasteiger partial charge in [0, 0.05) is 26.0 Å². The molecule has 22 heavy (non-hydrogen) atoms. The first-order chi connectivity index (χ1) is 10.6. The van der Waals surface area contributed by atoms with Crippen LogP contribution in [0.1, 0.15) is 11.1 Å². The molecule has 0 atom stereocenters. The molecule has 0 fully saturated rings. The summed E-state index contributed by atoms with van der Waals surface area (Å²) in [5.41, 5.74) is 3.21. The Morgan fingerprint density at radius 1 is 1.18 bits per heavy atom. The van der Waals surface area contributed by atoms with Crippen LogP contribution in [0.5, 0.6) is 5.88 Å². The van der Waals surface area contributed by atoms with Crippen LogP contribution in [-0.2, 0) is 0 Å². The molecule has 0 aliphatic heterocycles. The summed E-state index contributed by atoms with van der Waals surface area (Å²) in [6.45, 7) is -0.516. The fourth-order valence-corrected chi connectivity index (χ4v) is 2.33. The number of alkyl halides is 1. The molecular formula is C17H18BrFN2O. The smallest absolute Gasteiger partial charge is 0.228 e. The van der Waals surface area contributed by atoms with E-state index in [-0.39, 0.29) is 6.61 Å². The Morgan fingerprint density at radius 3 is 2.45 bits per heavy atom. The first-order valence-corrected chi connectivity index (χ1v) is 7.69. The number of aromatic nitrogens is 1.